The van der Waals surface area contributed by atoms with Crippen LogP contribution < -0.4 is 30.7 Å². The minimum absolute atomic E-state index is 0.0144. The van der Waals surface area contributed by atoms with Crippen LogP contribution in [0.4, 0.5) is 25.8 Å². The van der Waals surface area contributed by atoms with Crippen LogP contribution in [0.15, 0.2) is 48.5 Å². The van der Waals surface area contributed by atoms with Crippen molar-refractivity contribution in [3.63, 3.8) is 0 Å². The van der Waals surface area contributed by atoms with Gasteiger partial charge >= 0.3 is 0 Å². The zero-order valence-electron chi connectivity index (χ0n) is 21.7. The number of benzene rings is 3. The number of nitrogens with zero attached hydrogens (tertiary/aromatic N) is 1. The van der Waals surface area contributed by atoms with Crippen LogP contribution in [-0.2, 0) is 4.79 Å². The zero-order chi connectivity index (χ0) is 27.6. The van der Waals surface area contributed by atoms with Crippen LogP contribution in [0.1, 0.15) is 19.4 Å². The fraction of sp³-hybridized carbons (Fsp3) is 0.286. The smallest absolute Gasteiger partial charge is 0.274 e. The SMILES string of the molecule is COc1cc(OC)c(F)c(-c2ccc(C(=N)C(=O)Nc3ccc(N4CC(C)NC(C)C4)cc3)c(N)c2)c1F. The molecule has 5 N–H and O–H groups in total. The van der Waals surface area contributed by atoms with Crippen LogP contribution in [0.2, 0.25) is 0 Å². The first-order valence-corrected chi connectivity index (χ1v) is 12.1. The molecule has 3 aromatic carbocycles. The second-order valence-electron chi connectivity index (χ2n) is 9.34. The van der Waals surface area contributed by atoms with Crippen molar-refractivity contribution in [2.24, 2.45) is 0 Å². The van der Waals surface area contributed by atoms with Gasteiger partial charge in [0.15, 0.2) is 23.1 Å². The van der Waals surface area contributed by atoms with Crippen molar-refractivity contribution in [3.05, 3.63) is 65.7 Å². The number of halogens is 2. The summed E-state index contributed by atoms with van der Waals surface area (Å²) in [6.07, 6.45) is 0. The summed E-state index contributed by atoms with van der Waals surface area (Å²) in [6.45, 7) is 6.04. The number of hydrogen-bond acceptors (Lipinski definition) is 7. The number of ether oxygens (including phenoxy) is 2. The summed E-state index contributed by atoms with van der Waals surface area (Å²) in [6, 6.07) is 13.4. The first kappa shape index (κ1) is 26.9. The van der Waals surface area contributed by atoms with Crippen molar-refractivity contribution in [2.45, 2.75) is 25.9 Å². The molecule has 2 unspecified atom stereocenters. The summed E-state index contributed by atoms with van der Waals surface area (Å²) >= 11 is 0. The Bertz CT molecular complexity index is 1330. The van der Waals surface area contributed by atoms with Crippen molar-refractivity contribution < 1.29 is 23.0 Å². The van der Waals surface area contributed by atoms with Gasteiger partial charge in [-0.2, -0.15) is 0 Å². The Morgan fingerprint density at radius 2 is 1.58 bits per heavy atom. The van der Waals surface area contributed by atoms with Gasteiger partial charge in [0.05, 0.1) is 19.8 Å². The fourth-order valence-corrected chi connectivity index (χ4v) is 4.69. The van der Waals surface area contributed by atoms with Gasteiger partial charge < -0.3 is 30.7 Å². The number of hydrogen-bond donors (Lipinski definition) is 4. The molecular formula is C28H31F2N5O3. The van der Waals surface area contributed by atoms with Gasteiger partial charge in [0.25, 0.3) is 5.91 Å². The summed E-state index contributed by atoms with van der Waals surface area (Å²) < 4.78 is 39.8. The molecule has 38 heavy (non-hydrogen) atoms. The number of carbonyl (C=O) groups is 1. The van der Waals surface area contributed by atoms with Crippen molar-refractivity contribution in [2.75, 3.05) is 43.3 Å². The van der Waals surface area contributed by atoms with E-state index in [-0.39, 0.29) is 39.6 Å². The maximum absolute atomic E-state index is 14.9. The minimum atomic E-state index is -0.918. The molecule has 1 saturated heterocycles. The third kappa shape index (κ3) is 5.40. The second kappa shape index (κ2) is 11.1. The van der Waals surface area contributed by atoms with Crippen molar-refractivity contribution in [3.8, 4) is 22.6 Å². The van der Waals surface area contributed by atoms with Crippen molar-refractivity contribution >= 4 is 28.7 Å². The quantitative estimate of drug-likeness (QED) is 0.269. The molecule has 0 bridgehead atoms. The molecule has 1 aliphatic heterocycles. The lowest BCUT2D eigenvalue weighted by molar-refractivity contribution is -0.110. The summed E-state index contributed by atoms with van der Waals surface area (Å²) in [5.41, 5.74) is 7.18. The maximum Gasteiger partial charge on any atom is 0.274 e. The lowest BCUT2D eigenvalue weighted by Gasteiger charge is -2.37. The maximum atomic E-state index is 14.9. The van der Waals surface area contributed by atoms with Crippen LogP contribution in [0.3, 0.4) is 0 Å². The Kier molecular flexibility index (Phi) is 7.82. The van der Waals surface area contributed by atoms with Crippen LogP contribution in [0, 0.1) is 17.0 Å². The van der Waals surface area contributed by atoms with Crippen LogP contribution in [0.5, 0.6) is 11.5 Å². The fourth-order valence-electron chi connectivity index (χ4n) is 4.69. The zero-order valence-corrected chi connectivity index (χ0v) is 21.7. The minimum Gasteiger partial charge on any atom is -0.494 e. The molecule has 0 spiro atoms. The summed E-state index contributed by atoms with van der Waals surface area (Å²) in [4.78, 5) is 15.1. The predicted molar refractivity (Wildman–Crippen MR) is 145 cm³/mol. The predicted octanol–water partition coefficient (Wildman–Crippen LogP) is 4.42. The molecule has 0 radical (unpaired) electrons. The first-order chi connectivity index (χ1) is 18.1. The Hall–Kier alpha value is -4.18. The van der Waals surface area contributed by atoms with E-state index >= 15 is 0 Å². The first-order valence-electron chi connectivity index (χ1n) is 12.1. The molecule has 1 amide bonds. The molecule has 10 heteroatoms. The van der Waals surface area contributed by atoms with E-state index in [0.717, 1.165) is 24.8 Å². The van der Waals surface area contributed by atoms with Gasteiger partial charge in [-0.1, -0.05) is 6.07 Å². The monoisotopic (exact) mass is 523 g/mol. The summed E-state index contributed by atoms with van der Waals surface area (Å²) in [5, 5.41) is 14.6. The summed E-state index contributed by atoms with van der Waals surface area (Å²) in [7, 11) is 2.52. The number of nitrogen functional groups attached to an aromatic ring is 1. The van der Waals surface area contributed by atoms with E-state index < -0.39 is 17.5 Å². The Balaban J connectivity index is 1.51. The Labute approximate surface area is 220 Å². The number of anilines is 3. The molecular weight excluding hydrogens is 492 g/mol. The van der Waals surface area contributed by atoms with E-state index in [2.05, 4.69) is 29.4 Å². The topological polar surface area (TPSA) is 113 Å². The average Bonchev–Trinajstić information content (AvgIpc) is 2.88. The van der Waals surface area contributed by atoms with Gasteiger partial charge in [-0.15, -0.1) is 0 Å². The molecule has 2 atom stereocenters. The number of nitrogens with two attached hydrogens (primary N) is 1. The number of nitrogens with one attached hydrogen (secondary N) is 3. The average molecular weight is 524 g/mol. The molecule has 1 fully saturated rings. The number of methoxy groups -OCH3 is 2. The van der Waals surface area contributed by atoms with E-state index in [4.69, 9.17) is 20.6 Å². The van der Waals surface area contributed by atoms with Gasteiger partial charge in [0.1, 0.15) is 5.71 Å². The molecule has 0 aromatic heterocycles. The van der Waals surface area contributed by atoms with E-state index in [0.29, 0.717) is 17.8 Å². The van der Waals surface area contributed by atoms with Crippen LogP contribution in [-0.4, -0.2) is 51.0 Å². The largest absolute Gasteiger partial charge is 0.494 e. The molecule has 8 nitrogen and oxygen atoms in total. The third-order valence-electron chi connectivity index (χ3n) is 6.46. The lowest BCUT2D eigenvalue weighted by Crippen LogP contribution is -2.54. The number of carbonyl (C=O) groups excluding carboxylic acids is 1. The number of piperazine rings is 1. The van der Waals surface area contributed by atoms with E-state index in [1.807, 2.05) is 12.1 Å². The Morgan fingerprint density at radius 3 is 2.11 bits per heavy atom. The van der Waals surface area contributed by atoms with Gasteiger partial charge in [-0.05, 0) is 55.8 Å². The molecule has 200 valence electrons. The van der Waals surface area contributed by atoms with Gasteiger partial charge in [0, 0.05) is 53.9 Å². The van der Waals surface area contributed by atoms with Crippen molar-refractivity contribution in [1.29, 1.82) is 5.41 Å². The van der Waals surface area contributed by atoms with Gasteiger partial charge in [0.2, 0.25) is 0 Å². The highest BCUT2D eigenvalue weighted by Crippen LogP contribution is 2.38. The normalized spacial score (nSPS) is 17.2. The van der Waals surface area contributed by atoms with Gasteiger partial charge in [-0.3, -0.25) is 10.2 Å². The van der Waals surface area contributed by atoms with Crippen LogP contribution >= 0.6 is 0 Å². The third-order valence-corrected chi connectivity index (χ3v) is 6.46. The number of rotatable bonds is 7. The molecule has 1 heterocycles. The second-order valence-corrected chi connectivity index (χ2v) is 9.34. The molecule has 4 rings (SSSR count). The number of amides is 1. The highest BCUT2D eigenvalue weighted by Gasteiger charge is 2.24. The molecule has 3 aromatic rings. The van der Waals surface area contributed by atoms with E-state index in [1.165, 1.54) is 32.4 Å². The molecule has 0 saturated carbocycles. The highest BCUT2D eigenvalue weighted by molar-refractivity contribution is 6.48. The van der Waals surface area contributed by atoms with Crippen LogP contribution in [0.25, 0.3) is 11.1 Å². The highest BCUT2D eigenvalue weighted by atomic mass is 19.1. The Morgan fingerprint density at radius 1 is 1.00 bits per heavy atom. The van der Waals surface area contributed by atoms with Gasteiger partial charge in [-0.25, -0.2) is 8.78 Å². The lowest BCUT2D eigenvalue weighted by atomic mass is 9.98. The molecule has 0 aliphatic carbocycles. The van der Waals surface area contributed by atoms with E-state index in [9.17, 15) is 13.6 Å². The molecule has 1 aliphatic rings. The summed E-state index contributed by atoms with van der Waals surface area (Å²) in [5.74, 6) is -2.89. The standard InChI is InChI=1S/C28H31F2N5O3/c1-15-13-35(14-16(2)33-15)19-8-6-18(7-9-19)34-28(36)27(32)20-10-5-17(11-21(20)31)24-25(29)22(37-3)12-23(38-4)26(24)30/h5-12,15-16,32-33H,13-14,31H2,1-4H3,(H,34,36). The van der Waals surface area contributed by atoms with Crippen molar-refractivity contribution in [1.82, 2.24) is 5.32 Å². The van der Waals surface area contributed by atoms with E-state index in [1.54, 1.807) is 12.1 Å².